The van der Waals surface area contributed by atoms with Crippen molar-refractivity contribution in [2.24, 2.45) is 7.05 Å². The molecule has 0 aliphatic heterocycles. The van der Waals surface area contributed by atoms with E-state index in [2.05, 4.69) is 9.17 Å². The van der Waals surface area contributed by atoms with Crippen molar-refractivity contribution in [1.82, 2.24) is 14.1 Å². The van der Waals surface area contributed by atoms with Gasteiger partial charge in [0.2, 0.25) is 0 Å². The summed E-state index contributed by atoms with van der Waals surface area (Å²) >= 11 is 0. The first-order valence-electron chi connectivity index (χ1n) is 15.2. The van der Waals surface area contributed by atoms with Gasteiger partial charge in [-0.2, -0.15) is 32.6 Å². The fourth-order valence-corrected chi connectivity index (χ4v) is 5.12. The Hall–Kier alpha value is -4.57. The molecule has 2 aromatic carbocycles. The van der Waals surface area contributed by atoms with E-state index in [1.165, 1.54) is 35.8 Å². The number of hydrogen-bond donors (Lipinski definition) is 2. The Bertz CT molecular complexity index is 2070. The average molecular weight is 750 g/mol. The molecule has 4 rings (SSSR count). The van der Waals surface area contributed by atoms with Crippen molar-refractivity contribution in [3.05, 3.63) is 116 Å². The largest absolute Gasteiger partial charge is 0.744 e. The molecule has 0 unspecified atom stereocenters. The van der Waals surface area contributed by atoms with Crippen LogP contribution in [0, 0.1) is 52.9 Å². The molecule has 2 aromatic heterocycles. The fourth-order valence-electron chi connectivity index (χ4n) is 3.98. The van der Waals surface area contributed by atoms with Crippen molar-refractivity contribution in [2.45, 2.75) is 71.3 Å². The Balaban J connectivity index is 0.000000637. The minimum absolute atomic E-state index is 0.0101. The van der Waals surface area contributed by atoms with Crippen LogP contribution in [-0.2, 0) is 44.6 Å². The van der Waals surface area contributed by atoms with E-state index in [1.807, 2.05) is 46.8 Å². The predicted molar refractivity (Wildman–Crippen MR) is 189 cm³/mol. The zero-order valence-corrected chi connectivity index (χ0v) is 31.9. The number of aliphatic hydroxyl groups excluding tert-OH is 2. The molecule has 0 atom stereocenters. The number of benzene rings is 2. The predicted octanol–water partition coefficient (Wildman–Crippen LogP) is 1.89. The van der Waals surface area contributed by atoms with E-state index in [0.29, 0.717) is 18.8 Å². The summed E-state index contributed by atoms with van der Waals surface area (Å²) < 4.78 is 62.3. The van der Waals surface area contributed by atoms with Gasteiger partial charge in [0.1, 0.15) is 28.1 Å². The van der Waals surface area contributed by atoms with Crippen molar-refractivity contribution in [3.8, 4) is 6.07 Å². The lowest BCUT2D eigenvalue weighted by molar-refractivity contribution is -0.697. The molecular formula is C34H47N5O10S2. The van der Waals surface area contributed by atoms with Gasteiger partial charge in [-0.3, -0.25) is 8.75 Å². The third kappa shape index (κ3) is 16.3. The summed E-state index contributed by atoms with van der Waals surface area (Å²) in [5.74, 6) is 0. The van der Waals surface area contributed by atoms with Crippen LogP contribution in [0.4, 0.5) is 0 Å². The Morgan fingerprint density at radius 3 is 1.61 bits per heavy atom. The standard InChI is InChI=1S/C9H15N2O2.C8H12N2O2.C8H10O3S.C7H8O3S.C2H3N/c1-7-6-8(2)11(4-5-12)9(13)10(7)3;1-6-5-7(2)10(3-4-11)8(12)9-6;1-7-3-5-8(6-4-7)12(9,10)11-2;1-6-2-4-7(5-3-6)11(8,9)10;1-2-3/h6,12H,4-5H2,1-3H3;5,11H,3-4H2,1-2H3;3-6H,1-2H3;2-5H,1H3,(H,8,9,10);1H3/q+1;;;;/p-1. The molecule has 280 valence electrons. The van der Waals surface area contributed by atoms with Crippen LogP contribution in [0.5, 0.6) is 0 Å². The molecule has 2 heterocycles. The number of aromatic nitrogens is 4. The second-order valence-corrected chi connectivity index (χ2v) is 13.9. The number of aliphatic hydroxyl groups is 2. The highest BCUT2D eigenvalue weighted by molar-refractivity contribution is 7.86. The highest BCUT2D eigenvalue weighted by Crippen LogP contribution is 2.11. The van der Waals surface area contributed by atoms with Gasteiger partial charge < -0.3 is 14.8 Å². The van der Waals surface area contributed by atoms with E-state index in [-0.39, 0.29) is 34.4 Å². The van der Waals surface area contributed by atoms with Crippen molar-refractivity contribution >= 4 is 20.2 Å². The molecule has 0 aliphatic rings. The quantitative estimate of drug-likeness (QED) is 0.157. The van der Waals surface area contributed by atoms with Gasteiger partial charge in [0.15, 0.2) is 0 Å². The molecule has 0 aliphatic carbocycles. The first-order chi connectivity index (χ1) is 23.7. The Kier molecular flexibility index (Phi) is 20.3. The molecule has 0 fully saturated rings. The molecule has 0 saturated carbocycles. The average Bonchev–Trinajstić information content (AvgIpc) is 3.05. The first kappa shape index (κ1) is 46.4. The lowest BCUT2D eigenvalue weighted by Gasteiger charge is -2.06. The van der Waals surface area contributed by atoms with Crippen molar-refractivity contribution < 1.29 is 40.4 Å². The van der Waals surface area contributed by atoms with Gasteiger partial charge in [0.05, 0.1) is 49.8 Å². The molecule has 0 spiro atoms. The third-order valence-corrected chi connectivity index (χ3v) is 8.86. The SMILES string of the molecule is CC#N.COS(=O)(=O)c1ccc(C)cc1.Cc1cc(C)[n+](C)c(=O)n1CCO.Cc1cc(C)n(CCO)c(=O)n1.Cc1ccc(S(=O)(=O)[O-])cc1. The maximum atomic E-state index is 11.6. The van der Waals surface area contributed by atoms with Crippen LogP contribution in [0.25, 0.3) is 0 Å². The minimum Gasteiger partial charge on any atom is -0.744 e. The van der Waals surface area contributed by atoms with Crippen LogP contribution in [0.1, 0.15) is 40.8 Å². The summed E-state index contributed by atoms with van der Waals surface area (Å²) in [5.41, 5.74) is 4.94. The maximum absolute atomic E-state index is 11.6. The summed E-state index contributed by atoms with van der Waals surface area (Å²) in [6.07, 6.45) is 0. The van der Waals surface area contributed by atoms with Gasteiger partial charge in [-0.25, -0.2) is 13.2 Å². The van der Waals surface area contributed by atoms with Gasteiger partial charge in [-0.15, -0.1) is 0 Å². The molecule has 17 heteroatoms. The van der Waals surface area contributed by atoms with E-state index >= 15 is 0 Å². The van der Waals surface area contributed by atoms with Gasteiger partial charge >= 0.3 is 11.4 Å². The summed E-state index contributed by atoms with van der Waals surface area (Å²) in [6, 6.07) is 17.8. The smallest absolute Gasteiger partial charge is 0.498 e. The Morgan fingerprint density at radius 1 is 0.804 bits per heavy atom. The van der Waals surface area contributed by atoms with E-state index in [4.69, 9.17) is 15.5 Å². The van der Waals surface area contributed by atoms with E-state index in [9.17, 15) is 31.0 Å². The zero-order chi connectivity index (χ0) is 39.5. The molecule has 4 aromatic rings. The zero-order valence-electron chi connectivity index (χ0n) is 30.3. The molecule has 2 N–H and O–H groups in total. The Labute approximate surface area is 299 Å². The highest BCUT2D eigenvalue weighted by Gasteiger charge is 2.13. The van der Waals surface area contributed by atoms with Crippen molar-refractivity contribution in [1.29, 1.82) is 5.26 Å². The van der Waals surface area contributed by atoms with Crippen LogP contribution in [0.15, 0.2) is 80.0 Å². The van der Waals surface area contributed by atoms with Gasteiger partial charge in [-0.05, 0) is 71.9 Å². The number of hydrogen-bond acceptors (Lipinski definition) is 12. The maximum Gasteiger partial charge on any atom is 0.498 e. The van der Waals surface area contributed by atoms with E-state index in [1.54, 1.807) is 53.4 Å². The number of rotatable bonds is 7. The van der Waals surface area contributed by atoms with Crippen molar-refractivity contribution in [2.75, 3.05) is 20.3 Å². The summed E-state index contributed by atoms with van der Waals surface area (Å²) in [5, 5.41) is 24.7. The third-order valence-electron chi connectivity index (χ3n) is 6.72. The van der Waals surface area contributed by atoms with Gasteiger partial charge in [0.25, 0.3) is 10.1 Å². The summed E-state index contributed by atoms with van der Waals surface area (Å²) in [7, 11) is -4.91. The monoisotopic (exact) mass is 749 g/mol. The van der Waals surface area contributed by atoms with Crippen LogP contribution < -0.4 is 15.9 Å². The van der Waals surface area contributed by atoms with Gasteiger partial charge in [0, 0.05) is 24.4 Å². The van der Waals surface area contributed by atoms with Crippen molar-refractivity contribution in [3.63, 3.8) is 0 Å². The summed E-state index contributed by atoms with van der Waals surface area (Å²) in [4.78, 5) is 26.6. The molecule has 0 radical (unpaired) electrons. The molecule has 15 nitrogen and oxygen atoms in total. The second kappa shape index (κ2) is 22.3. The lowest BCUT2D eigenvalue weighted by atomic mass is 10.2. The van der Waals surface area contributed by atoms with E-state index < -0.39 is 20.2 Å². The molecule has 0 amide bonds. The number of nitrogens with zero attached hydrogens (tertiary/aromatic N) is 5. The lowest BCUT2D eigenvalue weighted by Crippen LogP contribution is -2.54. The molecular weight excluding hydrogens is 703 g/mol. The van der Waals surface area contributed by atoms with Gasteiger partial charge in [-0.1, -0.05) is 35.4 Å². The molecule has 0 saturated heterocycles. The Morgan fingerprint density at radius 2 is 1.22 bits per heavy atom. The first-order valence-corrected chi connectivity index (χ1v) is 18.1. The second-order valence-electron chi connectivity index (χ2n) is 10.8. The molecule has 0 bridgehead atoms. The molecule has 51 heavy (non-hydrogen) atoms. The highest BCUT2D eigenvalue weighted by atomic mass is 32.2. The normalized spacial score (nSPS) is 10.4. The minimum atomic E-state index is -4.27. The number of nitriles is 1. The van der Waals surface area contributed by atoms with Crippen LogP contribution >= 0.6 is 0 Å². The van der Waals surface area contributed by atoms with Crippen LogP contribution in [0.3, 0.4) is 0 Å². The van der Waals surface area contributed by atoms with Crippen LogP contribution in [0.2, 0.25) is 0 Å². The number of aryl methyl sites for hydroxylation is 6. The summed E-state index contributed by atoms with van der Waals surface area (Å²) in [6.45, 7) is 13.1. The topological polar surface area (TPSA) is 226 Å². The van der Waals surface area contributed by atoms with Crippen LogP contribution in [-0.4, -0.2) is 66.0 Å². The van der Waals surface area contributed by atoms with E-state index in [0.717, 1.165) is 35.3 Å². The fraction of sp³-hybridized carbons (Fsp3) is 0.382.